The highest BCUT2D eigenvalue weighted by atomic mass is 16.6. The quantitative estimate of drug-likeness (QED) is 0.388. The minimum atomic E-state index is -0.960. The molecule has 0 aromatic rings. The monoisotopic (exact) mass is 545 g/mol. The summed E-state index contributed by atoms with van der Waals surface area (Å²) in [6.45, 7) is 10.1. The van der Waals surface area contributed by atoms with Crippen LogP contribution in [0.25, 0.3) is 0 Å². The molecule has 0 bridgehead atoms. The second-order valence-electron chi connectivity index (χ2n) is 13.7. The number of cyclic esters (lactones) is 1. The maximum absolute atomic E-state index is 12.6. The minimum absolute atomic E-state index is 0.00335. The van der Waals surface area contributed by atoms with E-state index >= 15 is 0 Å². The summed E-state index contributed by atoms with van der Waals surface area (Å²) in [6.07, 6.45) is 7.19. The Morgan fingerprint density at radius 2 is 1.95 bits per heavy atom. The Labute approximate surface area is 232 Å². The molecule has 0 radical (unpaired) electrons. The Bertz CT molecular complexity index is 999. The number of carbonyl (C=O) groups excluding carboxylic acids is 2. The summed E-state index contributed by atoms with van der Waals surface area (Å²) >= 11 is 0. The number of rotatable bonds is 5. The summed E-state index contributed by atoms with van der Waals surface area (Å²) in [7, 11) is 0. The molecule has 4 aliphatic carbocycles. The maximum Gasteiger partial charge on any atom is 0.407 e. The third-order valence-corrected chi connectivity index (χ3v) is 12.2. The van der Waals surface area contributed by atoms with E-state index in [1.165, 1.54) is 0 Å². The van der Waals surface area contributed by atoms with Crippen molar-refractivity contribution >= 4 is 12.1 Å². The molecule has 218 valence electrons. The lowest BCUT2D eigenvalue weighted by Crippen LogP contribution is -2.67. The number of carbonyl (C=O) groups is 2. The summed E-state index contributed by atoms with van der Waals surface area (Å²) in [5.41, 5.74) is -0.707. The molecule has 0 aromatic carbocycles. The van der Waals surface area contributed by atoms with Gasteiger partial charge in [0.05, 0.1) is 11.7 Å². The largest absolute Gasteiger partial charge is 0.458 e. The van der Waals surface area contributed by atoms with Crippen molar-refractivity contribution in [2.75, 3.05) is 45.9 Å². The van der Waals surface area contributed by atoms with Gasteiger partial charge in [-0.2, -0.15) is 0 Å². The molecule has 2 heterocycles. The van der Waals surface area contributed by atoms with Crippen molar-refractivity contribution in [2.24, 2.45) is 34.5 Å². The molecule has 6 aliphatic rings. The van der Waals surface area contributed by atoms with Gasteiger partial charge in [-0.25, -0.2) is 9.59 Å². The van der Waals surface area contributed by atoms with Crippen molar-refractivity contribution < 1.29 is 29.3 Å². The van der Waals surface area contributed by atoms with Gasteiger partial charge < -0.3 is 30.3 Å². The molecular formula is C30H47N3O6. The number of amides is 1. The standard InChI is InChI=1S/C30H47N3O6/c1-28-7-5-21(39-27(36)32-11-14-33-12-9-31-10-13-33)16-20(28)3-4-23-24(28)17-25(34)29(2)22(6-8-30(23,29)37)19-15-26(35)38-18-19/h15,20-25,31,34,37H,3-14,16-18H2,1-2H3,(H,32,36)/t20-,21+,22-,23-,24+,25-,28+,29+,30+/m1/s1. The van der Waals surface area contributed by atoms with Gasteiger partial charge in [0, 0.05) is 50.8 Å². The minimum Gasteiger partial charge on any atom is -0.458 e. The van der Waals surface area contributed by atoms with Crippen LogP contribution in [0.1, 0.15) is 65.2 Å². The van der Waals surface area contributed by atoms with Crippen molar-refractivity contribution in [1.82, 2.24) is 15.5 Å². The highest BCUT2D eigenvalue weighted by Crippen LogP contribution is 2.70. The number of esters is 1. The lowest BCUT2D eigenvalue weighted by atomic mass is 9.42. The van der Waals surface area contributed by atoms with E-state index in [2.05, 4.69) is 29.4 Å². The van der Waals surface area contributed by atoms with Crippen LogP contribution in [0.2, 0.25) is 0 Å². The Balaban J connectivity index is 1.09. The molecule has 5 fully saturated rings. The predicted octanol–water partition coefficient (Wildman–Crippen LogP) is 2.21. The number of piperazine rings is 1. The van der Waals surface area contributed by atoms with E-state index in [0.29, 0.717) is 25.3 Å². The van der Waals surface area contributed by atoms with Crippen LogP contribution in [-0.2, 0) is 14.3 Å². The molecule has 9 atom stereocenters. The summed E-state index contributed by atoms with van der Waals surface area (Å²) in [5, 5.41) is 30.4. The van der Waals surface area contributed by atoms with Crippen molar-refractivity contribution in [3.05, 3.63) is 11.6 Å². The highest BCUT2D eigenvalue weighted by Gasteiger charge is 2.70. The zero-order valence-corrected chi connectivity index (χ0v) is 23.6. The smallest absolute Gasteiger partial charge is 0.407 e. The van der Waals surface area contributed by atoms with E-state index in [-0.39, 0.29) is 47.9 Å². The SMILES string of the molecule is C[C@]12CC[C@H](OC(=O)NCCN3CCNCC3)C[C@H]1CC[C@@H]1[C@@H]2C[C@@H](O)[C@]2(C)[C@@H](C3=CC(=O)OC3)CC[C@]12O. The molecule has 4 saturated carbocycles. The van der Waals surface area contributed by atoms with Crippen LogP contribution >= 0.6 is 0 Å². The van der Waals surface area contributed by atoms with Gasteiger partial charge in [-0.3, -0.25) is 4.90 Å². The molecule has 6 rings (SSSR count). The second-order valence-corrected chi connectivity index (χ2v) is 13.7. The zero-order chi connectivity index (χ0) is 27.4. The third-order valence-electron chi connectivity index (χ3n) is 12.2. The van der Waals surface area contributed by atoms with Crippen LogP contribution in [0.15, 0.2) is 11.6 Å². The summed E-state index contributed by atoms with van der Waals surface area (Å²) < 4.78 is 11.1. The fourth-order valence-corrected chi connectivity index (χ4v) is 9.90. The first-order chi connectivity index (χ1) is 18.6. The van der Waals surface area contributed by atoms with Crippen LogP contribution in [0, 0.1) is 34.5 Å². The molecule has 0 aromatic heterocycles. The van der Waals surface area contributed by atoms with Crippen LogP contribution in [0.5, 0.6) is 0 Å². The average molecular weight is 546 g/mol. The van der Waals surface area contributed by atoms with Gasteiger partial charge in [-0.15, -0.1) is 0 Å². The molecular weight excluding hydrogens is 498 g/mol. The van der Waals surface area contributed by atoms with Crippen molar-refractivity contribution in [1.29, 1.82) is 0 Å². The van der Waals surface area contributed by atoms with E-state index in [0.717, 1.165) is 76.8 Å². The Kier molecular flexibility index (Phi) is 7.26. The molecule has 2 aliphatic heterocycles. The number of aliphatic hydroxyl groups excluding tert-OH is 1. The number of fused-ring (bicyclic) bond motifs is 5. The van der Waals surface area contributed by atoms with Gasteiger partial charge in [0.2, 0.25) is 0 Å². The second kappa shape index (κ2) is 10.3. The molecule has 1 amide bonds. The number of alkyl carbamates (subject to hydrolysis) is 1. The Morgan fingerprint density at radius 1 is 1.15 bits per heavy atom. The predicted molar refractivity (Wildman–Crippen MR) is 145 cm³/mol. The number of nitrogens with zero attached hydrogens (tertiary/aromatic N) is 1. The van der Waals surface area contributed by atoms with Gasteiger partial charge in [0.15, 0.2) is 0 Å². The number of hydrogen-bond donors (Lipinski definition) is 4. The number of hydrogen-bond acceptors (Lipinski definition) is 8. The normalized spacial score (nSPS) is 45.9. The lowest BCUT2D eigenvalue weighted by Gasteiger charge is -2.65. The third kappa shape index (κ3) is 4.52. The molecule has 39 heavy (non-hydrogen) atoms. The molecule has 1 saturated heterocycles. The van der Waals surface area contributed by atoms with Crippen LogP contribution in [0.4, 0.5) is 4.79 Å². The molecule has 4 N–H and O–H groups in total. The van der Waals surface area contributed by atoms with Crippen LogP contribution in [0.3, 0.4) is 0 Å². The zero-order valence-electron chi connectivity index (χ0n) is 23.6. The van der Waals surface area contributed by atoms with Gasteiger partial charge in [0.25, 0.3) is 0 Å². The number of aliphatic hydroxyl groups is 2. The van der Waals surface area contributed by atoms with E-state index in [1.54, 1.807) is 6.08 Å². The average Bonchev–Trinajstić information content (AvgIpc) is 3.46. The molecule has 0 spiro atoms. The topological polar surface area (TPSA) is 120 Å². The number of nitrogens with one attached hydrogen (secondary N) is 2. The lowest BCUT2D eigenvalue weighted by molar-refractivity contribution is -0.244. The summed E-state index contributed by atoms with van der Waals surface area (Å²) in [4.78, 5) is 26.7. The van der Waals surface area contributed by atoms with Crippen molar-refractivity contribution in [3.63, 3.8) is 0 Å². The molecule has 9 heteroatoms. The Hall–Kier alpha value is -1.68. The van der Waals surface area contributed by atoms with Gasteiger partial charge >= 0.3 is 12.1 Å². The fraction of sp³-hybridized carbons (Fsp3) is 0.867. The van der Waals surface area contributed by atoms with Gasteiger partial charge in [-0.05, 0) is 86.0 Å². The van der Waals surface area contributed by atoms with E-state index in [1.807, 2.05) is 0 Å². The first kappa shape index (κ1) is 27.5. The fourth-order valence-electron chi connectivity index (χ4n) is 9.90. The maximum atomic E-state index is 12.6. The highest BCUT2D eigenvalue weighted by molar-refractivity contribution is 5.85. The van der Waals surface area contributed by atoms with Gasteiger partial charge in [0.1, 0.15) is 12.7 Å². The van der Waals surface area contributed by atoms with Crippen molar-refractivity contribution in [2.45, 2.75) is 83.0 Å². The van der Waals surface area contributed by atoms with Crippen molar-refractivity contribution in [3.8, 4) is 0 Å². The van der Waals surface area contributed by atoms with E-state index in [9.17, 15) is 19.8 Å². The van der Waals surface area contributed by atoms with E-state index < -0.39 is 17.1 Å². The van der Waals surface area contributed by atoms with Crippen LogP contribution < -0.4 is 10.6 Å². The Morgan fingerprint density at radius 3 is 2.69 bits per heavy atom. The summed E-state index contributed by atoms with van der Waals surface area (Å²) in [5.74, 6) is 0.415. The number of ether oxygens (including phenoxy) is 2. The molecule has 9 nitrogen and oxygen atoms in total. The molecule has 0 unspecified atom stereocenters. The van der Waals surface area contributed by atoms with Crippen LogP contribution in [-0.4, -0.2) is 90.9 Å². The van der Waals surface area contributed by atoms with E-state index in [4.69, 9.17) is 9.47 Å². The van der Waals surface area contributed by atoms with Gasteiger partial charge in [-0.1, -0.05) is 13.8 Å². The first-order valence-electron chi connectivity index (χ1n) is 15.3. The summed E-state index contributed by atoms with van der Waals surface area (Å²) in [6, 6.07) is 0. The first-order valence-corrected chi connectivity index (χ1v) is 15.3.